The van der Waals surface area contributed by atoms with E-state index in [1.807, 2.05) is 43.3 Å². The highest BCUT2D eigenvalue weighted by Gasteiger charge is 2.00. The Morgan fingerprint density at radius 1 is 1.11 bits per heavy atom. The molecule has 0 heterocycles. The van der Waals surface area contributed by atoms with Gasteiger partial charge in [0.15, 0.2) is 0 Å². The summed E-state index contributed by atoms with van der Waals surface area (Å²) in [6.45, 7) is 5.39. The number of nitrogens with one attached hydrogen (secondary N) is 1. The van der Waals surface area contributed by atoms with Crippen LogP contribution >= 0.6 is 0 Å². The lowest BCUT2D eigenvalue weighted by molar-refractivity contribution is 0.332. The van der Waals surface area contributed by atoms with E-state index in [9.17, 15) is 0 Å². The standard InChI is InChI=1S/C16H20N2O/c1-12-5-3-7-14(11-12)19-10-9-18-15-8-4-6-13(2)16(15)17/h3-8,11,18H,9-10,17H2,1-2H3. The molecule has 0 aliphatic carbocycles. The first-order valence-corrected chi connectivity index (χ1v) is 6.45. The lowest BCUT2D eigenvalue weighted by Crippen LogP contribution is -2.12. The Bertz CT molecular complexity index is 552. The molecule has 2 aromatic carbocycles. The molecule has 3 heteroatoms. The topological polar surface area (TPSA) is 47.3 Å². The number of nitrogens with two attached hydrogens (primary N) is 1. The molecule has 0 atom stereocenters. The van der Waals surface area contributed by atoms with Crippen LogP contribution in [0.2, 0.25) is 0 Å². The van der Waals surface area contributed by atoms with E-state index in [1.54, 1.807) is 0 Å². The van der Waals surface area contributed by atoms with Crippen LogP contribution in [-0.4, -0.2) is 13.2 Å². The summed E-state index contributed by atoms with van der Waals surface area (Å²) in [6, 6.07) is 14.0. The molecule has 0 saturated carbocycles. The van der Waals surface area contributed by atoms with Crippen LogP contribution < -0.4 is 15.8 Å². The fourth-order valence-electron chi connectivity index (χ4n) is 1.89. The molecule has 0 aliphatic rings. The number of nitrogen functional groups attached to an aromatic ring is 1. The van der Waals surface area contributed by atoms with Crippen LogP contribution in [0.1, 0.15) is 11.1 Å². The molecule has 0 saturated heterocycles. The van der Waals surface area contributed by atoms with Gasteiger partial charge in [0.05, 0.1) is 11.4 Å². The Kier molecular flexibility index (Phi) is 4.29. The minimum Gasteiger partial charge on any atom is -0.492 e. The molecular weight excluding hydrogens is 236 g/mol. The third kappa shape index (κ3) is 3.65. The molecule has 100 valence electrons. The molecule has 0 amide bonds. The SMILES string of the molecule is Cc1cccc(OCCNc2cccc(C)c2N)c1. The van der Waals surface area contributed by atoms with Gasteiger partial charge in [-0.3, -0.25) is 0 Å². The number of aryl methyl sites for hydroxylation is 2. The second-order valence-corrected chi connectivity index (χ2v) is 4.63. The van der Waals surface area contributed by atoms with Gasteiger partial charge in [0, 0.05) is 6.54 Å². The van der Waals surface area contributed by atoms with Crippen molar-refractivity contribution >= 4 is 11.4 Å². The summed E-state index contributed by atoms with van der Waals surface area (Å²) in [4.78, 5) is 0. The Balaban J connectivity index is 1.82. The minimum atomic E-state index is 0.608. The van der Waals surface area contributed by atoms with E-state index in [1.165, 1.54) is 5.56 Å². The van der Waals surface area contributed by atoms with Crippen molar-refractivity contribution in [2.24, 2.45) is 0 Å². The highest BCUT2D eigenvalue weighted by molar-refractivity contribution is 5.69. The van der Waals surface area contributed by atoms with Crippen molar-refractivity contribution < 1.29 is 4.74 Å². The monoisotopic (exact) mass is 256 g/mol. The molecule has 0 bridgehead atoms. The molecular formula is C16H20N2O. The maximum Gasteiger partial charge on any atom is 0.119 e. The zero-order chi connectivity index (χ0) is 13.7. The lowest BCUT2D eigenvalue weighted by Gasteiger charge is -2.12. The Hall–Kier alpha value is -2.16. The van der Waals surface area contributed by atoms with Gasteiger partial charge in [0.25, 0.3) is 0 Å². The second kappa shape index (κ2) is 6.14. The Labute approximate surface area is 114 Å². The van der Waals surface area contributed by atoms with E-state index in [4.69, 9.17) is 10.5 Å². The van der Waals surface area contributed by atoms with Crippen LogP contribution in [0.4, 0.5) is 11.4 Å². The number of hydrogen-bond donors (Lipinski definition) is 2. The summed E-state index contributed by atoms with van der Waals surface area (Å²) in [5.41, 5.74) is 10.1. The van der Waals surface area contributed by atoms with Gasteiger partial charge >= 0.3 is 0 Å². The maximum atomic E-state index is 5.99. The maximum absolute atomic E-state index is 5.99. The first kappa shape index (κ1) is 13.3. The van der Waals surface area contributed by atoms with Gasteiger partial charge in [-0.15, -0.1) is 0 Å². The fraction of sp³-hybridized carbons (Fsp3) is 0.250. The first-order chi connectivity index (χ1) is 9.16. The molecule has 19 heavy (non-hydrogen) atoms. The number of rotatable bonds is 5. The number of hydrogen-bond acceptors (Lipinski definition) is 3. The quantitative estimate of drug-likeness (QED) is 0.637. The molecule has 0 radical (unpaired) electrons. The molecule has 2 rings (SSSR count). The molecule has 3 N–H and O–H groups in total. The van der Waals surface area contributed by atoms with Gasteiger partial charge < -0.3 is 15.8 Å². The van der Waals surface area contributed by atoms with Crippen molar-refractivity contribution in [3.63, 3.8) is 0 Å². The average molecular weight is 256 g/mol. The predicted octanol–water partition coefficient (Wildman–Crippen LogP) is 3.38. The van der Waals surface area contributed by atoms with Crippen LogP contribution in [0.3, 0.4) is 0 Å². The van der Waals surface area contributed by atoms with E-state index >= 15 is 0 Å². The molecule has 0 spiro atoms. The van der Waals surface area contributed by atoms with Gasteiger partial charge in [-0.05, 0) is 43.2 Å². The predicted molar refractivity (Wildman–Crippen MR) is 80.8 cm³/mol. The van der Waals surface area contributed by atoms with Gasteiger partial charge in [-0.25, -0.2) is 0 Å². The van der Waals surface area contributed by atoms with Crippen LogP contribution in [0.15, 0.2) is 42.5 Å². The van der Waals surface area contributed by atoms with Gasteiger partial charge in [0.1, 0.15) is 12.4 Å². The zero-order valence-electron chi connectivity index (χ0n) is 11.4. The van der Waals surface area contributed by atoms with Crippen LogP contribution in [-0.2, 0) is 0 Å². The van der Waals surface area contributed by atoms with Crippen LogP contribution in [0.25, 0.3) is 0 Å². The first-order valence-electron chi connectivity index (χ1n) is 6.45. The number of para-hydroxylation sites is 1. The van der Waals surface area contributed by atoms with Gasteiger partial charge in [0.2, 0.25) is 0 Å². The van der Waals surface area contributed by atoms with E-state index < -0.39 is 0 Å². The van der Waals surface area contributed by atoms with E-state index in [2.05, 4.69) is 18.3 Å². The normalized spacial score (nSPS) is 10.2. The van der Waals surface area contributed by atoms with E-state index in [0.717, 1.165) is 29.2 Å². The van der Waals surface area contributed by atoms with Crippen molar-refractivity contribution in [2.45, 2.75) is 13.8 Å². The highest BCUT2D eigenvalue weighted by Crippen LogP contribution is 2.21. The van der Waals surface area contributed by atoms with Gasteiger partial charge in [-0.2, -0.15) is 0 Å². The lowest BCUT2D eigenvalue weighted by atomic mass is 10.2. The summed E-state index contributed by atoms with van der Waals surface area (Å²) in [7, 11) is 0. The van der Waals surface area contributed by atoms with E-state index in [-0.39, 0.29) is 0 Å². The molecule has 0 fully saturated rings. The van der Waals surface area contributed by atoms with Crippen molar-refractivity contribution in [3.8, 4) is 5.75 Å². The minimum absolute atomic E-state index is 0.608. The highest BCUT2D eigenvalue weighted by atomic mass is 16.5. The summed E-state index contributed by atoms with van der Waals surface area (Å²) in [5.74, 6) is 0.902. The number of benzene rings is 2. The van der Waals surface area contributed by atoms with Crippen LogP contribution in [0.5, 0.6) is 5.75 Å². The van der Waals surface area contributed by atoms with Crippen molar-refractivity contribution in [1.82, 2.24) is 0 Å². The Morgan fingerprint density at radius 2 is 1.89 bits per heavy atom. The van der Waals surface area contributed by atoms with Crippen molar-refractivity contribution in [3.05, 3.63) is 53.6 Å². The molecule has 0 aromatic heterocycles. The largest absolute Gasteiger partial charge is 0.492 e. The summed E-state index contributed by atoms with van der Waals surface area (Å²) >= 11 is 0. The Morgan fingerprint density at radius 3 is 2.68 bits per heavy atom. The molecule has 0 unspecified atom stereocenters. The fourth-order valence-corrected chi connectivity index (χ4v) is 1.89. The van der Waals surface area contributed by atoms with E-state index in [0.29, 0.717) is 6.61 Å². The molecule has 2 aromatic rings. The zero-order valence-corrected chi connectivity index (χ0v) is 11.4. The van der Waals surface area contributed by atoms with Gasteiger partial charge in [-0.1, -0.05) is 24.3 Å². The smallest absolute Gasteiger partial charge is 0.119 e. The summed E-state index contributed by atoms with van der Waals surface area (Å²) in [6.07, 6.45) is 0. The van der Waals surface area contributed by atoms with Crippen molar-refractivity contribution in [2.75, 3.05) is 24.2 Å². The third-order valence-corrected chi connectivity index (χ3v) is 3.00. The average Bonchev–Trinajstić information content (AvgIpc) is 2.39. The summed E-state index contributed by atoms with van der Waals surface area (Å²) < 4.78 is 5.68. The van der Waals surface area contributed by atoms with Crippen molar-refractivity contribution in [1.29, 1.82) is 0 Å². The second-order valence-electron chi connectivity index (χ2n) is 4.63. The number of anilines is 2. The summed E-state index contributed by atoms with van der Waals surface area (Å²) in [5, 5.41) is 3.29. The van der Waals surface area contributed by atoms with Crippen LogP contribution in [0, 0.1) is 13.8 Å². The third-order valence-electron chi connectivity index (χ3n) is 3.00. The molecule has 3 nitrogen and oxygen atoms in total. The molecule has 0 aliphatic heterocycles. The number of ether oxygens (including phenoxy) is 1.